The van der Waals surface area contributed by atoms with Crippen molar-refractivity contribution < 1.29 is 23.5 Å². The lowest BCUT2D eigenvalue weighted by Crippen LogP contribution is -2.56. The molecule has 1 N–H and O–H groups in total. The second kappa shape index (κ2) is 8.45. The van der Waals surface area contributed by atoms with Crippen LogP contribution in [0, 0.1) is 12.7 Å². The Balaban J connectivity index is 1.90. The molecule has 1 heterocycles. The molecule has 1 aliphatic rings. The number of nitrogens with one attached hydrogen (secondary N) is 1. The third-order valence-electron chi connectivity index (χ3n) is 4.12. The molecule has 0 spiro atoms. The normalized spacial score (nSPS) is 14.5. The number of ether oxygens (including phenoxy) is 1. The summed E-state index contributed by atoms with van der Waals surface area (Å²) in [7, 11) is 1.40. The van der Waals surface area contributed by atoms with Gasteiger partial charge >= 0.3 is 12.1 Å². The predicted octanol–water partition coefficient (Wildman–Crippen LogP) is 2.38. The molecule has 0 saturated carbocycles. The summed E-state index contributed by atoms with van der Waals surface area (Å²) >= 11 is 0. The number of aryl methyl sites for hydroxylation is 1. The van der Waals surface area contributed by atoms with Crippen LogP contribution in [-0.2, 0) is 4.74 Å². The maximum absolute atomic E-state index is 13.8. The van der Waals surface area contributed by atoms with Gasteiger partial charge in [-0.15, -0.1) is 0 Å². The van der Waals surface area contributed by atoms with Crippen molar-refractivity contribution in [3.8, 4) is 0 Å². The molecule has 8 nitrogen and oxygen atoms in total. The molecule has 1 saturated heterocycles. The van der Waals surface area contributed by atoms with E-state index in [9.17, 15) is 18.8 Å². The molecule has 1 aromatic rings. The van der Waals surface area contributed by atoms with E-state index in [1.807, 2.05) is 0 Å². The Hall–Kier alpha value is -2.84. The fourth-order valence-electron chi connectivity index (χ4n) is 2.69. The van der Waals surface area contributed by atoms with E-state index in [-0.39, 0.29) is 5.56 Å². The van der Waals surface area contributed by atoms with Crippen molar-refractivity contribution in [1.29, 1.82) is 0 Å². The first kappa shape index (κ1) is 21.5. The molecule has 4 amide bonds. The van der Waals surface area contributed by atoms with Crippen LogP contribution in [0.25, 0.3) is 0 Å². The quantitative estimate of drug-likeness (QED) is 0.742. The number of piperazine rings is 1. The highest BCUT2D eigenvalue weighted by atomic mass is 19.1. The van der Waals surface area contributed by atoms with E-state index in [1.54, 1.807) is 33.8 Å². The number of hydrazine groups is 1. The first-order chi connectivity index (χ1) is 13.0. The molecule has 0 bridgehead atoms. The summed E-state index contributed by atoms with van der Waals surface area (Å²) in [4.78, 5) is 39.9. The zero-order valence-corrected chi connectivity index (χ0v) is 16.9. The first-order valence-corrected chi connectivity index (χ1v) is 9.05. The van der Waals surface area contributed by atoms with E-state index in [2.05, 4.69) is 5.43 Å². The van der Waals surface area contributed by atoms with Crippen LogP contribution < -0.4 is 5.43 Å². The number of hydrogen-bond donors (Lipinski definition) is 1. The van der Waals surface area contributed by atoms with E-state index < -0.39 is 29.4 Å². The predicted molar refractivity (Wildman–Crippen MR) is 101 cm³/mol. The highest BCUT2D eigenvalue weighted by Crippen LogP contribution is 2.13. The van der Waals surface area contributed by atoms with Crippen LogP contribution in [-0.4, -0.2) is 71.7 Å². The molecular weight excluding hydrogens is 367 g/mol. The summed E-state index contributed by atoms with van der Waals surface area (Å²) in [6.07, 6.45) is -0.420. The van der Waals surface area contributed by atoms with E-state index in [0.717, 1.165) is 10.6 Å². The van der Waals surface area contributed by atoms with Crippen LogP contribution in [0.2, 0.25) is 0 Å². The lowest BCUT2D eigenvalue weighted by molar-refractivity contribution is 0.0156. The fourth-order valence-corrected chi connectivity index (χ4v) is 2.69. The van der Waals surface area contributed by atoms with Crippen molar-refractivity contribution in [1.82, 2.24) is 20.2 Å². The standard InChI is InChI=1S/C19H27FN4O4/c1-13-6-7-15(20)14(12-13)16(25)21-22(5)17(26)23-8-10-24(11-9-23)18(27)28-19(2,3)4/h6-7,12H,8-11H2,1-5H3,(H,21,25). The SMILES string of the molecule is Cc1ccc(F)c(C(=O)NN(C)C(=O)N2CCN(C(=O)OC(C)(C)C)CC2)c1. The molecular formula is C19H27FN4O4. The minimum Gasteiger partial charge on any atom is -0.444 e. The van der Waals surface area contributed by atoms with E-state index in [4.69, 9.17) is 4.74 Å². The zero-order valence-electron chi connectivity index (χ0n) is 16.9. The van der Waals surface area contributed by atoms with Gasteiger partial charge in [0, 0.05) is 33.2 Å². The lowest BCUT2D eigenvalue weighted by atomic mass is 10.1. The summed E-state index contributed by atoms with van der Waals surface area (Å²) < 4.78 is 19.2. The smallest absolute Gasteiger partial charge is 0.410 e. The van der Waals surface area contributed by atoms with Crippen molar-refractivity contribution in [2.75, 3.05) is 33.2 Å². The summed E-state index contributed by atoms with van der Waals surface area (Å²) in [5.41, 5.74) is 2.41. The summed E-state index contributed by atoms with van der Waals surface area (Å²) in [5.74, 6) is -1.36. The molecule has 28 heavy (non-hydrogen) atoms. The summed E-state index contributed by atoms with van der Waals surface area (Å²) in [6.45, 7) is 8.38. The number of carbonyl (C=O) groups is 3. The van der Waals surface area contributed by atoms with Crippen LogP contribution in [0.4, 0.5) is 14.0 Å². The number of hydrogen-bond acceptors (Lipinski definition) is 4. The average molecular weight is 394 g/mol. The number of benzene rings is 1. The minimum absolute atomic E-state index is 0.130. The van der Waals surface area contributed by atoms with Crippen LogP contribution >= 0.6 is 0 Å². The molecule has 0 aromatic heterocycles. The van der Waals surface area contributed by atoms with Gasteiger partial charge in [0.15, 0.2) is 0 Å². The molecule has 0 aliphatic carbocycles. The monoisotopic (exact) mass is 394 g/mol. The van der Waals surface area contributed by atoms with Crippen LogP contribution in [0.1, 0.15) is 36.7 Å². The van der Waals surface area contributed by atoms with Crippen LogP contribution in [0.5, 0.6) is 0 Å². The molecule has 154 valence electrons. The van der Waals surface area contributed by atoms with Gasteiger partial charge in [0.2, 0.25) is 0 Å². The molecule has 0 atom stereocenters. The number of nitrogens with zero attached hydrogens (tertiary/aromatic N) is 3. The number of carbonyl (C=O) groups excluding carboxylic acids is 3. The Labute approximate surface area is 164 Å². The molecule has 0 unspecified atom stereocenters. The second-order valence-electron chi connectivity index (χ2n) is 7.72. The zero-order chi connectivity index (χ0) is 21.1. The van der Waals surface area contributed by atoms with E-state index in [0.29, 0.717) is 26.2 Å². The lowest BCUT2D eigenvalue weighted by Gasteiger charge is -2.37. The van der Waals surface area contributed by atoms with Gasteiger partial charge in [-0.1, -0.05) is 11.6 Å². The average Bonchev–Trinajstić information content (AvgIpc) is 2.61. The largest absolute Gasteiger partial charge is 0.444 e. The second-order valence-corrected chi connectivity index (χ2v) is 7.72. The van der Waals surface area contributed by atoms with E-state index in [1.165, 1.54) is 29.0 Å². The molecule has 9 heteroatoms. The van der Waals surface area contributed by atoms with Crippen LogP contribution in [0.3, 0.4) is 0 Å². The maximum Gasteiger partial charge on any atom is 0.410 e. The third-order valence-corrected chi connectivity index (χ3v) is 4.12. The molecule has 1 fully saturated rings. The molecule has 1 aliphatic heterocycles. The van der Waals surface area contributed by atoms with E-state index >= 15 is 0 Å². The molecule has 0 radical (unpaired) electrons. The first-order valence-electron chi connectivity index (χ1n) is 9.05. The Morgan fingerprint density at radius 3 is 2.25 bits per heavy atom. The van der Waals surface area contributed by atoms with Crippen molar-refractivity contribution in [3.63, 3.8) is 0 Å². The van der Waals surface area contributed by atoms with Gasteiger partial charge in [0.25, 0.3) is 5.91 Å². The Bertz CT molecular complexity index is 755. The van der Waals surface area contributed by atoms with Gasteiger partial charge < -0.3 is 14.5 Å². The third kappa shape index (κ3) is 5.58. The summed E-state index contributed by atoms with van der Waals surface area (Å²) in [6, 6.07) is 3.75. The Kier molecular flexibility index (Phi) is 6.48. The summed E-state index contributed by atoms with van der Waals surface area (Å²) in [5, 5.41) is 1.02. The number of halogens is 1. The fraction of sp³-hybridized carbons (Fsp3) is 0.526. The van der Waals surface area contributed by atoms with Gasteiger partial charge in [-0.2, -0.15) is 0 Å². The van der Waals surface area contributed by atoms with Crippen LogP contribution in [0.15, 0.2) is 18.2 Å². The van der Waals surface area contributed by atoms with Gasteiger partial charge in [-0.3, -0.25) is 10.2 Å². The highest BCUT2D eigenvalue weighted by Gasteiger charge is 2.29. The van der Waals surface area contributed by atoms with Crippen molar-refractivity contribution in [2.24, 2.45) is 0 Å². The number of rotatable bonds is 1. The van der Waals surface area contributed by atoms with Crippen molar-refractivity contribution in [2.45, 2.75) is 33.3 Å². The Morgan fingerprint density at radius 2 is 1.68 bits per heavy atom. The van der Waals surface area contributed by atoms with Gasteiger partial charge in [-0.25, -0.2) is 19.0 Å². The van der Waals surface area contributed by atoms with Gasteiger partial charge in [-0.05, 0) is 39.8 Å². The number of amides is 4. The Morgan fingerprint density at radius 1 is 1.11 bits per heavy atom. The molecule has 2 rings (SSSR count). The maximum atomic E-state index is 13.8. The highest BCUT2D eigenvalue weighted by molar-refractivity contribution is 5.95. The van der Waals surface area contributed by atoms with Crippen molar-refractivity contribution >= 4 is 18.0 Å². The topological polar surface area (TPSA) is 82.2 Å². The number of urea groups is 1. The van der Waals surface area contributed by atoms with Crippen molar-refractivity contribution in [3.05, 3.63) is 35.1 Å². The van der Waals surface area contributed by atoms with Gasteiger partial charge in [0.1, 0.15) is 11.4 Å². The minimum atomic E-state index is -0.704. The molecule has 1 aromatic carbocycles. The van der Waals surface area contributed by atoms with Gasteiger partial charge in [0.05, 0.1) is 5.56 Å².